The molecule has 0 saturated heterocycles. The van der Waals surface area contributed by atoms with E-state index < -0.39 is 22.6 Å². The second-order valence-corrected chi connectivity index (χ2v) is 5.98. The minimum absolute atomic E-state index is 0.0197. The molecule has 0 fully saturated rings. The summed E-state index contributed by atoms with van der Waals surface area (Å²) in [6, 6.07) is 10.3. The van der Waals surface area contributed by atoms with E-state index in [0.29, 0.717) is 11.0 Å². The Morgan fingerprint density at radius 3 is 2.58 bits per heavy atom. The zero-order valence-corrected chi connectivity index (χ0v) is 14.2. The van der Waals surface area contributed by atoms with Crippen LogP contribution in [0.15, 0.2) is 42.5 Å². The third kappa shape index (κ3) is 2.91. The number of hydrogen-bond donors (Lipinski definition) is 1. The topological polar surface area (TPSA) is 115 Å². The van der Waals surface area contributed by atoms with Crippen LogP contribution in [0.4, 0.5) is 5.69 Å². The first-order valence-electron chi connectivity index (χ1n) is 7.43. The van der Waals surface area contributed by atoms with Crippen LogP contribution in [0.2, 0.25) is 5.02 Å². The van der Waals surface area contributed by atoms with Crippen LogP contribution >= 0.6 is 11.6 Å². The quantitative estimate of drug-likeness (QED) is 0.318. The zero-order valence-electron chi connectivity index (χ0n) is 13.4. The van der Waals surface area contributed by atoms with Gasteiger partial charge in [-0.3, -0.25) is 19.7 Å². The molecule has 3 rings (SSSR count). The Kier molecular flexibility index (Phi) is 4.43. The van der Waals surface area contributed by atoms with E-state index in [9.17, 15) is 24.8 Å². The molecule has 1 unspecified atom stereocenters. The molecule has 2 aromatic carbocycles. The molecule has 1 aromatic heterocycles. The van der Waals surface area contributed by atoms with E-state index in [1.807, 2.05) is 0 Å². The van der Waals surface area contributed by atoms with Gasteiger partial charge in [-0.15, -0.1) is 0 Å². The molecule has 0 radical (unpaired) electrons. The van der Waals surface area contributed by atoms with Crippen molar-refractivity contribution in [3.63, 3.8) is 0 Å². The number of nitro benzene ring substituents is 1. The van der Waals surface area contributed by atoms with E-state index in [1.54, 1.807) is 31.3 Å². The molecule has 1 atom stereocenters. The number of benzene rings is 2. The van der Waals surface area contributed by atoms with Gasteiger partial charge in [0.1, 0.15) is 5.82 Å². The van der Waals surface area contributed by atoms with Gasteiger partial charge in [-0.2, -0.15) is 0 Å². The highest BCUT2D eigenvalue weighted by Gasteiger charge is 2.35. The Balaban J connectivity index is 2.15. The number of carboxylic acids is 1. The summed E-state index contributed by atoms with van der Waals surface area (Å²) >= 11 is 5.99. The van der Waals surface area contributed by atoms with Crippen LogP contribution < -0.4 is 0 Å². The van der Waals surface area contributed by atoms with Crippen molar-refractivity contribution in [1.82, 2.24) is 9.55 Å². The monoisotopic (exact) mass is 373 g/mol. The highest BCUT2D eigenvalue weighted by atomic mass is 35.5. The molecule has 1 N–H and O–H groups in total. The zero-order chi connectivity index (χ0) is 19.0. The molecule has 8 nitrogen and oxygen atoms in total. The first-order chi connectivity index (χ1) is 12.3. The molecule has 0 saturated carbocycles. The van der Waals surface area contributed by atoms with Crippen LogP contribution in [0.25, 0.3) is 11.0 Å². The van der Waals surface area contributed by atoms with Crippen molar-refractivity contribution < 1.29 is 19.6 Å². The number of para-hydroxylation sites is 2. The van der Waals surface area contributed by atoms with Crippen molar-refractivity contribution in [3.05, 3.63) is 69.0 Å². The van der Waals surface area contributed by atoms with Gasteiger partial charge in [-0.05, 0) is 18.2 Å². The van der Waals surface area contributed by atoms with Crippen LogP contribution in [0.3, 0.4) is 0 Å². The lowest BCUT2D eigenvalue weighted by atomic mass is 9.96. The highest BCUT2D eigenvalue weighted by Crippen LogP contribution is 2.29. The molecule has 1 heterocycles. The average Bonchev–Trinajstić information content (AvgIpc) is 2.92. The number of non-ortho nitro benzene ring substituents is 1. The third-order valence-electron chi connectivity index (χ3n) is 4.02. The van der Waals surface area contributed by atoms with Gasteiger partial charge in [0, 0.05) is 24.7 Å². The minimum Gasteiger partial charge on any atom is -0.480 e. The summed E-state index contributed by atoms with van der Waals surface area (Å²) in [6.45, 7) is 0. The summed E-state index contributed by atoms with van der Waals surface area (Å²) in [5.41, 5.74) is 0.605. The maximum absolute atomic E-state index is 12.9. The highest BCUT2D eigenvalue weighted by molar-refractivity contribution is 6.35. The number of fused-ring (bicyclic) bond motifs is 1. The van der Waals surface area contributed by atoms with Crippen LogP contribution in [-0.2, 0) is 11.8 Å². The number of aliphatic carboxylic acids is 1. The SMILES string of the molecule is Cn1c(C(C(=O)O)C(=O)c2cc([N+](=O)[O-])ccc2Cl)nc2ccccc21. The lowest BCUT2D eigenvalue weighted by Crippen LogP contribution is -2.25. The smallest absolute Gasteiger partial charge is 0.322 e. The number of halogens is 1. The van der Waals surface area contributed by atoms with E-state index in [-0.39, 0.29) is 22.1 Å². The van der Waals surface area contributed by atoms with Gasteiger partial charge in [-0.25, -0.2) is 4.98 Å². The van der Waals surface area contributed by atoms with Crippen molar-refractivity contribution in [3.8, 4) is 0 Å². The Hall–Kier alpha value is -3.26. The number of carbonyl (C=O) groups is 2. The minimum atomic E-state index is -1.65. The molecular formula is C17H12ClN3O5. The number of carbonyl (C=O) groups excluding carboxylic acids is 1. The summed E-state index contributed by atoms with van der Waals surface area (Å²) < 4.78 is 1.51. The molecule has 0 amide bonds. The van der Waals surface area contributed by atoms with Crippen molar-refractivity contribution in [2.45, 2.75) is 5.92 Å². The standard InChI is InChI=1S/C17H12ClN3O5/c1-20-13-5-3-2-4-12(13)19-16(20)14(17(23)24)15(22)10-8-9(21(25)26)6-7-11(10)18/h2-8,14H,1H3,(H,23,24). The first kappa shape index (κ1) is 17.6. The molecule has 3 aromatic rings. The number of nitro groups is 1. The van der Waals surface area contributed by atoms with E-state index >= 15 is 0 Å². The van der Waals surface area contributed by atoms with E-state index in [4.69, 9.17) is 11.6 Å². The summed E-state index contributed by atoms with van der Waals surface area (Å²) in [6.07, 6.45) is 0. The van der Waals surface area contributed by atoms with Gasteiger partial charge in [-0.1, -0.05) is 23.7 Å². The number of carboxylic acid groups (broad SMARTS) is 1. The molecule has 0 aliphatic carbocycles. The van der Waals surface area contributed by atoms with Gasteiger partial charge in [0.25, 0.3) is 5.69 Å². The fourth-order valence-electron chi connectivity index (χ4n) is 2.73. The second-order valence-electron chi connectivity index (χ2n) is 5.57. The lowest BCUT2D eigenvalue weighted by Gasteiger charge is -2.12. The van der Waals surface area contributed by atoms with Crippen LogP contribution in [-0.4, -0.2) is 31.3 Å². The van der Waals surface area contributed by atoms with Crippen molar-refractivity contribution in [2.75, 3.05) is 0 Å². The first-order valence-corrected chi connectivity index (χ1v) is 7.81. The average molecular weight is 374 g/mol. The summed E-state index contributed by atoms with van der Waals surface area (Å²) in [7, 11) is 1.60. The van der Waals surface area contributed by atoms with E-state index in [2.05, 4.69) is 4.98 Å². The number of hydrogen-bond acceptors (Lipinski definition) is 5. The van der Waals surface area contributed by atoms with Crippen molar-refractivity contribution >= 4 is 40.1 Å². The van der Waals surface area contributed by atoms with Gasteiger partial charge < -0.3 is 9.67 Å². The Morgan fingerprint density at radius 2 is 1.96 bits per heavy atom. The van der Waals surface area contributed by atoms with Gasteiger partial charge >= 0.3 is 5.97 Å². The maximum Gasteiger partial charge on any atom is 0.322 e. The summed E-state index contributed by atoms with van der Waals surface area (Å²) in [5.74, 6) is -3.92. The summed E-state index contributed by atoms with van der Waals surface area (Å²) in [5, 5.41) is 20.5. The fraction of sp³-hybridized carbons (Fsp3) is 0.118. The lowest BCUT2D eigenvalue weighted by molar-refractivity contribution is -0.384. The van der Waals surface area contributed by atoms with Crippen LogP contribution in [0.1, 0.15) is 22.1 Å². The number of aryl methyl sites for hydroxylation is 1. The Morgan fingerprint density at radius 1 is 1.27 bits per heavy atom. The molecule has 0 aliphatic heterocycles. The maximum atomic E-state index is 12.9. The summed E-state index contributed by atoms with van der Waals surface area (Å²) in [4.78, 5) is 39.2. The Bertz CT molecular complexity index is 1060. The second kappa shape index (κ2) is 6.57. The molecule has 0 aliphatic rings. The number of aromatic nitrogens is 2. The predicted octanol–water partition coefficient (Wildman–Crippen LogP) is 3.19. The van der Waals surface area contributed by atoms with E-state index in [1.165, 1.54) is 10.6 Å². The largest absolute Gasteiger partial charge is 0.480 e. The third-order valence-corrected chi connectivity index (χ3v) is 4.34. The number of ketones is 1. The number of Topliss-reactive ketones (excluding diaryl/α,β-unsaturated/α-hetero) is 1. The van der Waals surface area contributed by atoms with Crippen LogP contribution in [0.5, 0.6) is 0 Å². The number of imidazole rings is 1. The van der Waals surface area contributed by atoms with E-state index in [0.717, 1.165) is 12.1 Å². The van der Waals surface area contributed by atoms with Gasteiger partial charge in [0.2, 0.25) is 0 Å². The van der Waals surface area contributed by atoms with Gasteiger partial charge in [0.05, 0.1) is 21.0 Å². The number of nitrogens with zero attached hydrogens (tertiary/aromatic N) is 3. The normalized spacial score (nSPS) is 12.1. The molecule has 132 valence electrons. The molecule has 26 heavy (non-hydrogen) atoms. The molecule has 0 spiro atoms. The van der Waals surface area contributed by atoms with Crippen molar-refractivity contribution in [2.24, 2.45) is 7.05 Å². The van der Waals surface area contributed by atoms with Crippen LogP contribution in [0, 0.1) is 10.1 Å². The molecule has 9 heteroatoms. The molecular weight excluding hydrogens is 362 g/mol. The fourth-order valence-corrected chi connectivity index (χ4v) is 2.94. The Labute approximate surface area is 151 Å². The van der Waals surface area contributed by atoms with Crippen molar-refractivity contribution in [1.29, 1.82) is 0 Å². The molecule has 0 bridgehead atoms. The number of rotatable bonds is 5. The predicted molar refractivity (Wildman–Crippen MR) is 93.5 cm³/mol. The van der Waals surface area contributed by atoms with Gasteiger partial charge in [0.15, 0.2) is 11.7 Å².